The van der Waals surface area contributed by atoms with E-state index < -0.39 is 11.2 Å². The van der Waals surface area contributed by atoms with Crippen LogP contribution in [0, 0.1) is 0 Å². The molecule has 1 unspecified atom stereocenters. The first-order valence-electron chi connectivity index (χ1n) is 7.79. The van der Waals surface area contributed by atoms with Gasteiger partial charge in [-0.15, -0.1) is 0 Å². The summed E-state index contributed by atoms with van der Waals surface area (Å²) in [5.74, 6) is -1.43. The van der Waals surface area contributed by atoms with Gasteiger partial charge in [0, 0.05) is 18.7 Å². The number of rotatable bonds is 4. The van der Waals surface area contributed by atoms with E-state index in [-0.39, 0.29) is 34.9 Å². The van der Waals surface area contributed by atoms with Gasteiger partial charge in [-0.3, -0.25) is 14.5 Å². The molecule has 2 fully saturated rings. The molecule has 7 heteroatoms. The summed E-state index contributed by atoms with van der Waals surface area (Å²) in [4.78, 5) is 41.6. The van der Waals surface area contributed by atoms with Gasteiger partial charge in [-0.25, -0.2) is 9.78 Å². The fourth-order valence-corrected chi connectivity index (χ4v) is 4.33. The Hall–Kier alpha value is -1.89. The van der Waals surface area contributed by atoms with E-state index in [1.165, 1.54) is 17.2 Å². The number of likely N-dealkylation sites (tertiary alicyclic amines) is 1. The second-order valence-electron chi connectivity index (χ2n) is 5.87. The third-order valence-electron chi connectivity index (χ3n) is 4.34. The first-order chi connectivity index (χ1) is 11.1. The molecule has 1 atom stereocenters. The first kappa shape index (κ1) is 16.0. The van der Waals surface area contributed by atoms with Crippen LogP contribution < -0.4 is 0 Å². The van der Waals surface area contributed by atoms with Gasteiger partial charge in [0.1, 0.15) is 5.03 Å². The molecule has 23 heavy (non-hydrogen) atoms. The molecule has 0 aromatic carbocycles. The highest BCUT2D eigenvalue weighted by molar-refractivity contribution is 8.00. The summed E-state index contributed by atoms with van der Waals surface area (Å²) < 4.78 is 0. The van der Waals surface area contributed by atoms with E-state index in [1.807, 2.05) is 0 Å². The van der Waals surface area contributed by atoms with Crippen molar-refractivity contribution in [3.63, 3.8) is 0 Å². The van der Waals surface area contributed by atoms with Crippen LogP contribution in [-0.4, -0.2) is 44.1 Å². The van der Waals surface area contributed by atoms with E-state index >= 15 is 0 Å². The number of carboxylic acid groups (broad SMARTS) is 1. The number of carbonyl (C=O) groups excluding carboxylic acids is 2. The highest BCUT2D eigenvalue weighted by Gasteiger charge is 2.43. The average Bonchev–Trinajstić information content (AvgIpc) is 2.82. The van der Waals surface area contributed by atoms with E-state index in [9.17, 15) is 19.5 Å². The zero-order valence-electron chi connectivity index (χ0n) is 12.6. The van der Waals surface area contributed by atoms with Gasteiger partial charge in [-0.2, -0.15) is 0 Å². The van der Waals surface area contributed by atoms with Crippen LogP contribution >= 0.6 is 11.8 Å². The molecule has 1 saturated heterocycles. The molecular formula is C16H18N2O4S. The summed E-state index contributed by atoms with van der Waals surface area (Å²) in [5.41, 5.74) is 0.0638. The molecule has 2 heterocycles. The van der Waals surface area contributed by atoms with Gasteiger partial charge in [-0.05, 0) is 25.0 Å². The molecule has 1 saturated carbocycles. The molecule has 1 aliphatic carbocycles. The number of carboxylic acids is 1. The van der Waals surface area contributed by atoms with Crippen LogP contribution in [0.2, 0.25) is 0 Å². The Balaban J connectivity index is 1.76. The SMILES string of the molecule is O=C(O)c1cccnc1SC1CC(=O)N(C2CCCCC2)C1=O. The molecule has 0 radical (unpaired) electrons. The topological polar surface area (TPSA) is 87.6 Å². The van der Waals surface area contributed by atoms with Crippen LogP contribution in [0.5, 0.6) is 0 Å². The Morgan fingerprint density at radius 1 is 1.26 bits per heavy atom. The molecule has 3 rings (SSSR count). The Morgan fingerprint density at radius 2 is 2.00 bits per heavy atom. The van der Waals surface area contributed by atoms with Crippen molar-refractivity contribution in [3.05, 3.63) is 23.9 Å². The highest BCUT2D eigenvalue weighted by atomic mass is 32.2. The zero-order chi connectivity index (χ0) is 16.4. The molecule has 0 bridgehead atoms. The quantitative estimate of drug-likeness (QED) is 0.850. The number of hydrogen-bond donors (Lipinski definition) is 1. The van der Waals surface area contributed by atoms with Gasteiger partial charge >= 0.3 is 5.97 Å². The van der Waals surface area contributed by atoms with Crippen LogP contribution in [0.3, 0.4) is 0 Å². The van der Waals surface area contributed by atoms with Gasteiger partial charge < -0.3 is 5.11 Å². The van der Waals surface area contributed by atoms with Crippen molar-refractivity contribution in [2.45, 2.75) is 54.8 Å². The van der Waals surface area contributed by atoms with Crippen molar-refractivity contribution in [1.82, 2.24) is 9.88 Å². The van der Waals surface area contributed by atoms with E-state index in [1.54, 1.807) is 6.07 Å². The summed E-state index contributed by atoms with van der Waals surface area (Å²) in [5, 5.41) is 8.91. The van der Waals surface area contributed by atoms with Crippen molar-refractivity contribution < 1.29 is 19.5 Å². The Bertz CT molecular complexity index is 643. The Kier molecular flexibility index (Phi) is 4.66. The van der Waals surface area contributed by atoms with Gasteiger partial charge in [0.2, 0.25) is 11.8 Å². The number of aromatic carboxylic acids is 1. The molecular weight excluding hydrogens is 316 g/mol. The Morgan fingerprint density at radius 3 is 2.70 bits per heavy atom. The maximum Gasteiger partial charge on any atom is 0.338 e. The van der Waals surface area contributed by atoms with E-state index in [0.29, 0.717) is 0 Å². The van der Waals surface area contributed by atoms with Crippen molar-refractivity contribution >= 4 is 29.5 Å². The zero-order valence-corrected chi connectivity index (χ0v) is 13.4. The van der Waals surface area contributed by atoms with Gasteiger partial charge in [0.25, 0.3) is 0 Å². The number of imide groups is 1. The molecule has 0 spiro atoms. The number of carbonyl (C=O) groups is 3. The van der Waals surface area contributed by atoms with Gasteiger partial charge in [0.05, 0.1) is 10.8 Å². The maximum absolute atomic E-state index is 12.6. The van der Waals surface area contributed by atoms with E-state index in [2.05, 4.69) is 4.98 Å². The van der Waals surface area contributed by atoms with Gasteiger partial charge in [0.15, 0.2) is 0 Å². The minimum atomic E-state index is -1.08. The standard InChI is InChI=1S/C16H18N2O4S/c19-13-9-12(15(20)18(13)10-5-2-1-3-6-10)23-14-11(16(21)22)7-4-8-17-14/h4,7-8,10,12H,1-3,5-6,9H2,(H,21,22). The lowest BCUT2D eigenvalue weighted by atomic mass is 9.94. The number of nitrogens with zero attached hydrogens (tertiary/aromatic N) is 2. The predicted octanol–water partition coefficient (Wildman–Crippen LogP) is 2.33. The molecule has 122 valence electrons. The fourth-order valence-electron chi connectivity index (χ4n) is 3.22. The minimum absolute atomic E-state index is 0.0111. The first-order valence-corrected chi connectivity index (χ1v) is 8.66. The summed E-state index contributed by atoms with van der Waals surface area (Å²) in [6, 6.07) is 3.01. The second-order valence-corrected chi connectivity index (χ2v) is 7.06. The number of amides is 2. The van der Waals surface area contributed by atoms with Crippen LogP contribution in [0.25, 0.3) is 0 Å². The fraction of sp³-hybridized carbons (Fsp3) is 0.500. The normalized spacial score (nSPS) is 22.6. The summed E-state index contributed by atoms with van der Waals surface area (Å²) in [6.45, 7) is 0. The van der Waals surface area contributed by atoms with E-state index in [4.69, 9.17) is 0 Å². The molecule has 2 amide bonds. The lowest BCUT2D eigenvalue weighted by molar-refractivity contribution is -0.141. The van der Waals surface area contributed by atoms with Crippen LogP contribution in [0.1, 0.15) is 48.9 Å². The molecule has 6 nitrogen and oxygen atoms in total. The third-order valence-corrected chi connectivity index (χ3v) is 5.54. The summed E-state index contributed by atoms with van der Waals surface area (Å²) in [7, 11) is 0. The number of hydrogen-bond acceptors (Lipinski definition) is 5. The van der Waals surface area contributed by atoms with Gasteiger partial charge in [-0.1, -0.05) is 31.0 Å². The van der Waals surface area contributed by atoms with Crippen LogP contribution in [0.15, 0.2) is 23.4 Å². The summed E-state index contributed by atoms with van der Waals surface area (Å²) in [6.07, 6.45) is 6.61. The van der Waals surface area contributed by atoms with Crippen molar-refractivity contribution in [2.24, 2.45) is 0 Å². The average molecular weight is 334 g/mol. The second kappa shape index (κ2) is 6.70. The molecule has 1 aliphatic heterocycles. The predicted molar refractivity (Wildman–Crippen MR) is 84.2 cm³/mol. The number of thioether (sulfide) groups is 1. The minimum Gasteiger partial charge on any atom is -0.478 e. The maximum atomic E-state index is 12.6. The van der Waals surface area contributed by atoms with Crippen molar-refractivity contribution in [3.8, 4) is 0 Å². The highest BCUT2D eigenvalue weighted by Crippen LogP contribution is 2.35. The summed E-state index contributed by atoms with van der Waals surface area (Å²) >= 11 is 1.08. The molecule has 1 aromatic heterocycles. The van der Waals surface area contributed by atoms with Crippen LogP contribution in [-0.2, 0) is 9.59 Å². The number of aromatic nitrogens is 1. The lowest BCUT2D eigenvalue weighted by Crippen LogP contribution is -2.41. The molecule has 1 N–H and O–H groups in total. The van der Waals surface area contributed by atoms with E-state index in [0.717, 1.165) is 43.9 Å². The molecule has 1 aromatic rings. The van der Waals surface area contributed by atoms with Crippen molar-refractivity contribution in [2.75, 3.05) is 0 Å². The third kappa shape index (κ3) is 3.24. The largest absolute Gasteiger partial charge is 0.478 e. The molecule has 2 aliphatic rings. The van der Waals surface area contributed by atoms with Crippen molar-refractivity contribution in [1.29, 1.82) is 0 Å². The monoisotopic (exact) mass is 334 g/mol. The smallest absolute Gasteiger partial charge is 0.338 e. The number of pyridine rings is 1. The Labute approximate surface area is 138 Å². The van der Waals surface area contributed by atoms with Crippen LogP contribution in [0.4, 0.5) is 0 Å². The lowest BCUT2D eigenvalue weighted by Gasteiger charge is -2.29.